The van der Waals surface area contributed by atoms with Crippen molar-refractivity contribution in [2.75, 3.05) is 19.6 Å². The first kappa shape index (κ1) is 9.01. The van der Waals surface area contributed by atoms with E-state index in [4.69, 9.17) is 0 Å². The molecule has 3 aliphatic heterocycles. The van der Waals surface area contributed by atoms with Crippen molar-refractivity contribution in [2.24, 2.45) is 4.99 Å². The summed E-state index contributed by atoms with van der Waals surface area (Å²) in [6.07, 6.45) is 13.5. The van der Waals surface area contributed by atoms with Gasteiger partial charge in [-0.15, -0.1) is 0 Å². The number of aliphatic imine (C=N–C) groups is 1. The van der Waals surface area contributed by atoms with E-state index in [0.29, 0.717) is 0 Å². The highest BCUT2D eigenvalue weighted by Gasteiger charge is 2.24. The largest absolute Gasteiger partial charge is 0.373 e. The van der Waals surface area contributed by atoms with Gasteiger partial charge in [0.05, 0.1) is 6.20 Å². The van der Waals surface area contributed by atoms with Crippen LogP contribution in [-0.2, 0) is 0 Å². The number of allylic oxidation sites excluding steroid dienone is 1. The van der Waals surface area contributed by atoms with Crippen molar-refractivity contribution in [3.8, 4) is 0 Å². The zero-order chi connectivity index (χ0) is 10.1. The summed E-state index contributed by atoms with van der Waals surface area (Å²) in [7, 11) is 0. The molecule has 3 heteroatoms. The van der Waals surface area contributed by atoms with Gasteiger partial charge in [-0.2, -0.15) is 0 Å². The summed E-state index contributed by atoms with van der Waals surface area (Å²) < 4.78 is 0. The van der Waals surface area contributed by atoms with E-state index in [9.17, 15) is 0 Å². The molecule has 15 heavy (non-hydrogen) atoms. The Bertz CT molecular complexity index is 312. The fourth-order valence-corrected chi connectivity index (χ4v) is 2.44. The standard InChI is InChI=1S/C12H16N3/c1-2-8-14(7-1)11-5-9-15(10-11)12-4-3-6-13-12/h3-4,6,12H,1-2,5,7-9H2. The summed E-state index contributed by atoms with van der Waals surface area (Å²) in [5.74, 6) is 0. The molecule has 0 amide bonds. The molecule has 3 rings (SSSR count). The van der Waals surface area contributed by atoms with E-state index in [0.717, 1.165) is 13.0 Å². The molecule has 0 spiro atoms. The minimum atomic E-state index is 0.213. The summed E-state index contributed by atoms with van der Waals surface area (Å²) in [5.41, 5.74) is 1.39. The van der Waals surface area contributed by atoms with Crippen molar-refractivity contribution in [1.29, 1.82) is 0 Å². The molecule has 3 heterocycles. The zero-order valence-corrected chi connectivity index (χ0v) is 8.89. The van der Waals surface area contributed by atoms with Gasteiger partial charge in [-0.3, -0.25) is 4.99 Å². The quantitative estimate of drug-likeness (QED) is 0.674. The first-order valence-corrected chi connectivity index (χ1v) is 5.77. The molecule has 3 aliphatic rings. The van der Waals surface area contributed by atoms with E-state index < -0.39 is 0 Å². The van der Waals surface area contributed by atoms with Crippen LogP contribution in [0.15, 0.2) is 22.8 Å². The third-order valence-corrected chi connectivity index (χ3v) is 3.28. The highest BCUT2D eigenvalue weighted by Crippen LogP contribution is 2.24. The number of likely N-dealkylation sites (tertiary alicyclic amines) is 1. The molecule has 1 radical (unpaired) electrons. The summed E-state index contributed by atoms with van der Waals surface area (Å²) in [5, 5.41) is 0. The SMILES string of the molecule is [C]1=C(N2CCCC2)CCN1C1C=CC=N1. The van der Waals surface area contributed by atoms with Crippen molar-refractivity contribution in [3.63, 3.8) is 0 Å². The molecule has 1 unspecified atom stereocenters. The lowest BCUT2D eigenvalue weighted by Crippen LogP contribution is -2.24. The van der Waals surface area contributed by atoms with E-state index in [1.54, 1.807) is 0 Å². The van der Waals surface area contributed by atoms with Gasteiger partial charge in [0, 0.05) is 38.0 Å². The number of nitrogens with zero attached hydrogens (tertiary/aromatic N) is 3. The van der Waals surface area contributed by atoms with Crippen LogP contribution in [0.2, 0.25) is 0 Å². The van der Waals surface area contributed by atoms with E-state index in [1.165, 1.54) is 31.6 Å². The maximum atomic E-state index is 4.37. The third-order valence-electron chi connectivity index (χ3n) is 3.28. The molecule has 0 aromatic heterocycles. The Labute approximate surface area is 90.8 Å². The molecule has 79 valence electrons. The molecule has 1 atom stereocenters. The van der Waals surface area contributed by atoms with Gasteiger partial charge in [0.2, 0.25) is 0 Å². The highest BCUT2D eigenvalue weighted by atomic mass is 15.3. The molecular weight excluding hydrogens is 186 g/mol. The molecule has 0 aromatic rings. The van der Waals surface area contributed by atoms with Crippen LogP contribution in [0.1, 0.15) is 19.3 Å². The predicted molar refractivity (Wildman–Crippen MR) is 60.3 cm³/mol. The van der Waals surface area contributed by atoms with Gasteiger partial charge < -0.3 is 9.80 Å². The summed E-state index contributed by atoms with van der Waals surface area (Å²) in [6, 6.07) is 0. The van der Waals surface area contributed by atoms with Crippen LogP contribution in [0.4, 0.5) is 0 Å². The van der Waals surface area contributed by atoms with Gasteiger partial charge >= 0.3 is 0 Å². The second-order valence-corrected chi connectivity index (χ2v) is 4.29. The van der Waals surface area contributed by atoms with Gasteiger partial charge in [-0.05, 0) is 25.0 Å². The van der Waals surface area contributed by atoms with E-state index in [1.807, 2.05) is 12.3 Å². The molecule has 0 bridgehead atoms. The maximum Gasteiger partial charge on any atom is 0.140 e. The lowest BCUT2D eigenvalue weighted by molar-refractivity contribution is 0.342. The lowest BCUT2D eigenvalue weighted by Gasteiger charge is -2.18. The smallest absolute Gasteiger partial charge is 0.140 e. The topological polar surface area (TPSA) is 18.8 Å². The minimum Gasteiger partial charge on any atom is -0.373 e. The Morgan fingerprint density at radius 2 is 2.13 bits per heavy atom. The molecule has 1 fully saturated rings. The Morgan fingerprint density at radius 1 is 1.27 bits per heavy atom. The average molecular weight is 202 g/mol. The van der Waals surface area contributed by atoms with Gasteiger partial charge in [0.15, 0.2) is 0 Å². The third kappa shape index (κ3) is 1.66. The minimum absolute atomic E-state index is 0.213. The van der Waals surface area contributed by atoms with Crippen molar-refractivity contribution < 1.29 is 0 Å². The van der Waals surface area contributed by atoms with Crippen LogP contribution in [-0.4, -0.2) is 41.8 Å². The van der Waals surface area contributed by atoms with Crippen LogP contribution in [0.3, 0.4) is 0 Å². The average Bonchev–Trinajstić information content (AvgIpc) is 3.02. The maximum absolute atomic E-state index is 4.37. The molecule has 1 saturated heterocycles. The monoisotopic (exact) mass is 202 g/mol. The second-order valence-electron chi connectivity index (χ2n) is 4.29. The summed E-state index contributed by atoms with van der Waals surface area (Å²) in [6.45, 7) is 3.51. The van der Waals surface area contributed by atoms with Crippen LogP contribution in [0.25, 0.3) is 0 Å². The van der Waals surface area contributed by atoms with Gasteiger partial charge in [-0.25, -0.2) is 0 Å². The lowest BCUT2D eigenvalue weighted by atomic mass is 10.3. The van der Waals surface area contributed by atoms with Crippen LogP contribution in [0.5, 0.6) is 0 Å². The Morgan fingerprint density at radius 3 is 2.87 bits per heavy atom. The normalized spacial score (nSPS) is 29.3. The molecule has 3 nitrogen and oxygen atoms in total. The van der Waals surface area contributed by atoms with Crippen molar-refractivity contribution in [1.82, 2.24) is 9.80 Å². The van der Waals surface area contributed by atoms with E-state index in [2.05, 4.69) is 27.1 Å². The first-order valence-electron chi connectivity index (χ1n) is 5.77. The Kier molecular flexibility index (Phi) is 2.24. The second kappa shape index (κ2) is 3.72. The highest BCUT2D eigenvalue weighted by molar-refractivity contribution is 5.74. The van der Waals surface area contributed by atoms with Gasteiger partial charge in [0.1, 0.15) is 6.17 Å². The van der Waals surface area contributed by atoms with E-state index >= 15 is 0 Å². The fraction of sp³-hybridized carbons (Fsp3) is 0.583. The van der Waals surface area contributed by atoms with Gasteiger partial charge in [0.25, 0.3) is 0 Å². The Hall–Kier alpha value is -1.25. The Balaban J connectivity index is 1.68. The van der Waals surface area contributed by atoms with Crippen molar-refractivity contribution >= 4 is 6.21 Å². The van der Waals surface area contributed by atoms with E-state index in [-0.39, 0.29) is 6.17 Å². The zero-order valence-electron chi connectivity index (χ0n) is 8.89. The summed E-state index contributed by atoms with van der Waals surface area (Å²) in [4.78, 5) is 9.06. The first-order chi connectivity index (χ1) is 7.43. The van der Waals surface area contributed by atoms with Crippen LogP contribution < -0.4 is 0 Å². The van der Waals surface area contributed by atoms with Crippen molar-refractivity contribution in [2.45, 2.75) is 25.4 Å². The molecule has 0 saturated carbocycles. The molecule has 0 aliphatic carbocycles. The van der Waals surface area contributed by atoms with Gasteiger partial charge in [-0.1, -0.05) is 0 Å². The predicted octanol–water partition coefficient (Wildman–Crippen LogP) is 1.40. The number of hydrogen-bond acceptors (Lipinski definition) is 3. The molecular formula is C12H16N3. The number of rotatable bonds is 2. The molecule has 0 aromatic carbocycles. The van der Waals surface area contributed by atoms with Crippen LogP contribution in [0, 0.1) is 6.20 Å². The fourth-order valence-electron chi connectivity index (χ4n) is 2.44. The van der Waals surface area contributed by atoms with Crippen molar-refractivity contribution in [3.05, 3.63) is 24.0 Å². The molecule has 0 N–H and O–H groups in total. The number of hydrogen-bond donors (Lipinski definition) is 0. The van der Waals surface area contributed by atoms with Crippen LogP contribution >= 0.6 is 0 Å². The summed E-state index contributed by atoms with van der Waals surface area (Å²) >= 11 is 0.